The predicted molar refractivity (Wildman–Crippen MR) is 65.4 cm³/mol. The Balaban J connectivity index is 2.71. The van der Waals surface area contributed by atoms with Gasteiger partial charge in [0.15, 0.2) is 6.29 Å². The number of aryl methyl sites for hydroxylation is 1. The van der Waals surface area contributed by atoms with Gasteiger partial charge in [-0.05, 0) is 25.0 Å². The SMILES string of the molecule is C=C/C=C(\C=C(/C)F)CCn1cncc1C=O. The van der Waals surface area contributed by atoms with Gasteiger partial charge >= 0.3 is 0 Å². The Morgan fingerprint density at radius 3 is 3.00 bits per heavy atom. The maximum atomic E-state index is 12.8. The number of allylic oxidation sites excluding steroid dienone is 5. The second kappa shape index (κ2) is 6.58. The van der Waals surface area contributed by atoms with Crippen molar-refractivity contribution in [1.29, 1.82) is 0 Å². The van der Waals surface area contributed by atoms with Crippen molar-refractivity contribution < 1.29 is 9.18 Å². The van der Waals surface area contributed by atoms with E-state index in [0.29, 0.717) is 18.7 Å². The molecule has 0 aromatic carbocycles. The molecule has 0 radical (unpaired) electrons. The van der Waals surface area contributed by atoms with E-state index < -0.39 is 0 Å². The lowest BCUT2D eigenvalue weighted by atomic mass is 10.1. The molecule has 1 aromatic heterocycles. The third kappa shape index (κ3) is 4.18. The van der Waals surface area contributed by atoms with Gasteiger partial charge in [-0.25, -0.2) is 9.37 Å². The molecule has 0 aliphatic rings. The van der Waals surface area contributed by atoms with E-state index in [0.717, 1.165) is 11.9 Å². The van der Waals surface area contributed by atoms with Crippen molar-refractivity contribution in [3.8, 4) is 0 Å². The standard InChI is InChI=1S/C13H15FN2O/c1-3-4-12(7-11(2)14)5-6-16-10-15-8-13(16)9-17/h3-4,7-10H,1,5-6H2,2H3/b11-7+,12-4-. The third-order valence-electron chi connectivity index (χ3n) is 2.22. The fourth-order valence-corrected chi connectivity index (χ4v) is 1.48. The molecule has 17 heavy (non-hydrogen) atoms. The van der Waals surface area contributed by atoms with Gasteiger partial charge in [0.1, 0.15) is 5.69 Å². The monoisotopic (exact) mass is 234 g/mol. The van der Waals surface area contributed by atoms with E-state index in [2.05, 4.69) is 11.6 Å². The molecule has 1 heterocycles. The number of hydrogen-bond donors (Lipinski definition) is 0. The Morgan fingerprint density at radius 2 is 2.41 bits per heavy atom. The van der Waals surface area contributed by atoms with E-state index in [1.54, 1.807) is 23.0 Å². The Morgan fingerprint density at radius 1 is 1.65 bits per heavy atom. The lowest BCUT2D eigenvalue weighted by molar-refractivity contribution is 0.111. The summed E-state index contributed by atoms with van der Waals surface area (Å²) < 4.78 is 14.5. The minimum atomic E-state index is -0.251. The maximum Gasteiger partial charge on any atom is 0.168 e. The van der Waals surface area contributed by atoms with Crippen molar-refractivity contribution >= 4 is 6.29 Å². The van der Waals surface area contributed by atoms with E-state index in [-0.39, 0.29) is 5.83 Å². The van der Waals surface area contributed by atoms with Crippen LogP contribution in [0.3, 0.4) is 0 Å². The molecule has 0 amide bonds. The lowest BCUT2D eigenvalue weighted by Gasteiger charge is -2.05. The van der Waals surface area contributed by atoms with Crippen LogP contribution in [-0.2, 0) is 6.54 Å². The number of imidazole rings is 1. The summed E-state index contributed by atoms with van der Waals surface area (Å²) in [6, 6.07) is 0. The number of rotatable bonds is 6. The molecule has 0 atom stereocenters. The van der Waals surface area contributed by atoms with Gasteiger partial charge in [-0.2, -0.15) is 0 Å². The smallest absolute Gasteiger partial charge is 0.168 e. The van der Waals surface area contributed by atoms with Crippen molar-refractivity contribution in [2.75, 3.05) is 0 Å². The fraction of sp³-hybridized carbons (Fsp3) is 0.231. The minimum absolute atomic E-state index is 0.251. The summed E-state index contributed by atoms with van der Waals surface area (Å²) in [5, 5.41) is 0. The third-order valence-corrected chi connectivity index (χ3v) is 2.22. The zero-order valence-corrected chi connectivity index (χ0v) is 9.77. The van der Waals surface area contributed by atoms with Crippen LogP contribution in [0.1, 0.15) is 23.8 Å². The molecule has 0 bridgehead atoms. The van der Waals surface area contributed by atoms with Crippen LogP contribution in [-0.4, -0.2) is 15.8 Å². The highest BCUT2D eigenvalue weighted by atomic mass is 19.1. The first kappa shape index (κ1) is 13.1. The van der Waals surface area contributed by atoms with Crippen LogP contribution in [0, 0.1) is 0 Å². The number of aldehydes is 1. The van der Waals surface area contributed by atoms with Crippen molar-refractivity contribution in [3.05, 3.63) is 54.4 Å². The number of hydrogen-bond acceptors (Lipinski definition) is 2. The van der Waals surface area contributed by atoms with Gasteiger partial charge < -0.3 is 4.57 Å². The summed E-state index contributed by atoms with van der Waals surface area (Å²) in [6.45, 7) is 5.56. The van der Waals surface area contributed by atoms with Crippen molar-refractivity contribution in [3.63, 3.8) is 0 Å². The van der Waals surface area contributed by atoms with Crippen LogP contribution in [0.5, 0.6) is 0 Å². The summed E-state index contributed by atoms with van der Waals surface area (Å²) in [4.78, 5) is 14.6. The van der Waals surface area contributed by atoms with Crippen LogP contribution >= 0.6 is 0 Å². The van der Waals surface area contributed by atoms with Gasteiger partial charge in [0.25, 0.3) is 0 Å². The zero-order valence-electron chi connectivity index (χ0n) is 9.77. The van der Waals surface area contributed by atoms with Gasteiger partial charge in [0.05, 0.1) is 18.4 Å². The molecular formula is C13H15FN2O. The number of nitrogens with zero attached hydrogens (tertiary/aromatic N) is 2. The van der Waals surface area contributed by atoms with Gasteiger partial charge in [-0.15, -0.1) is 0 Å². The van der Waals surface area contributed by atoms with Crippen molar-refractivity contribution in [1.82, 2.24) is 9.55 Å². The first-order valence-electron chi connectivity index (χ1n) is 5.28. The van der Waals surface area contributed by atoms with Crippen LogP contribution in [0.15, 0.2) is 48.7 Å². The molecule has 3 nitrogen and oxygen atoms in total. The van der Waals surface area contributed by atoms with Crippen LogP contribution < -0.4 is 0 Å². The summed E-state index contributed by atoms with van der Waals surface area (Å²) in [5.41, 5.74) is 1.34. The lowest BCUT2D eigenvalue weighted by Crippen LogP contribution is -2.01. The second-order valence-electron chi connectivity index (χ2n) is 3.59. The average molecular weight is 234 g/mol. The first-order valence-corrected chi connectivity index (χ1v) is 5.28. The molecule has 0 aliphatic carbocycles. The highest BCUT2D eigenvalue weighted by Gasteiger charge is 2.01. The van der Waals surface area contributed by atoms with E-state index >= 15 is 0 Å². The number of aromatic nitrogens is 2. The number of carbonyl (C=O) groups excluding carboxylic acids is 1. The molecule has 0 fully saturated rings. The molecule has 0 spiro atoms. The van der Waals surface area contributed by atoms with Gasteiger partial charge in [0, 0.05) is 6.54 Å². The molecule has 1 rings (SSSR count). The quantitative estimate of drug-likeness (QED) is 0.560. The highest BCUT2D eigenvalue weighted by Crippen LogP contribution is 2.10. The Kier molecular flexibility index (Phi) is 5.07. The van der Waals surface area contributed by atoms with Crippen LogP contribution in [0.4, 0.5) is 4.39 Å². The summed E-state index contributed by atoms with van der Waals surface area (Å²) in [5.74, 6) is -0.251. The maximum absolute atomic E-state index is 12.8. The first-order chi connectivity index (χ1) is 8.17. The van der Waals surface area contributed by atoms with E-state index in [4.69, 9.17) is 0 Å². The van der Waals surface area contributed by atoms with E-state index in [1.165, 1.54) is 19.2 Å². The molecule has 4 heteroatoms. The summed E-state index contributed by atoms with van der Waals surface area (Å²) >= 11 is 0. The molecule has 1 aromatic rings. The van der Waals surface area contributed by atoms with E-state index in [9.17, 15) is 9.18 Å². The molecule has 0 N–H and O–H groups in total. The summed E-state index contributed by atoms with van der Waals surface area (Å²) in [6.07, 6.45) is 9.27. The van der Waals surface area contributed by atoms with Gasteiger partial charge in [-0.3, -0.25) is 4.79 Å². The van der Waals surface area contributed by atoms with Crippen LogP contribution in [0.25, 0.3) is 0 Å². The zero-order chi connectivity index (χ0) is 12.7. The van der Waals surface area contributed by atoms with Crippen LogP contribution in [0.2, 0.25) is 0 Å². The summed E-state index contributed by atoms with van der Waals surface area (Å²) in [7, 11) is 0. The van der Waals surface area contributed by atoms with E-state index in [1.807, 2.05) is 0 Å². The molecule has 0 aliphatic heterocycles. The average Bonchev–Trinajstić information content (AvgIpc) is 2.72. The predicted octanol–water partition coefficient (Wildman–Crippen LogP) is 3.07. The van der Waals surface area contributed by atoms with Crippen molar-refractivity contribution in [2.24, 2.45) is 0 Å². The molecular weight excluding hydrogens is 219 g/mol. The molecule has 0 unspecified atom stereocenters. The number of carbonyl (C=O) groups is 1. The second-order valence-corrected chi connectivity index (χ2v) is 3.59. The fourth-order valence-electron chi connectivity index (χ4n) is 1.48. The molecule has 0 saturated heterocycles. The Labute approximate surface area is 100.0 Å². The minimum Gasteiger partial charge on any atom is -0.328 e. The largest absolute Gasteiger partial charge is 0.328 e. The number of halogens is 1. The molecule has 0 saturated carbocycles. The Hall–Kier alpha value is -1.97. The topological polar surface area (TPSA) is 34.9 Å². The normalized spacial score (nSPS) is 12.6. The van der Waals surface area contributed by atoms with Gasteiger partial charge in [-0.1, -0.05) is 18.7 Å². The Bertz CT molecular complexity index is 454. The van der Waals surface area contributed by atoms with Crippen molar-refractivity contribution in [2.45, 2.75) is 19.9 Å². The highest BCUT2D eigenvalue weighted by molar-refractivity contribution is 5.71. The van der Waals surface area contributed by atoms with Gasteiger partial charge in [0.2, 0.25) is 0 Å². The molecule has 90 valence electrons.